The Labute approximate surface area is 177 Å². The number of rotatable bonds is 7. The molecule has 162 valence electrons. The van der Waals surface area contributed by atoms with Gasteiger partial charge in [0.1, 0.15) is 29.5 Å². The summed E-state index contributed by atoms with van der Waals surface area (Å²) in [6, 6.07) is 12.8. The summed E-state index contributed by atoms with van der Waals surface area (Å²) in [4.78, 5) is 26.3. The minimum absolute atomic E-state index is 0.0156. The Morgan fingerprint density at radius 2 is 1.97 bits per heavy atom. The van der Waals surface area contributed by atoms with Crippen molar-refractivity contribution >= 4 is 22.8 Å². The molecule has 31 heavy (non-hydrogen) atoms. The maximum Gasteiger partial charge on any atom is 0.228 e. The summed E-state index contributed by atoms with van der Waals surface area (Å²) in [6.07, 6.45) is -0.0622. The second kappa shape index (κ2) is 8.73. The molecule has 2 heterocycles. The highest BCUT2D eigenvalue weighted by Gasteiger charge is 2.41. The van der Waals surface area contributed by atoms with E-state index in [1.165, 1.54) is 24.3 Å². The van der Waals surface area contributed by atoms with E-state index >= 15 is 0 Å². The molecule has 2 amide bonds. The number of amides is 2. The molecule has 0 bridgehead atoms. The van der Waals surface area contributed by atoms with E-state index in [0.717, 1.165) is 5.39 Å². The van der Waals surface area contributed by atoms with Crippen LogP contribution in [0.4, 0.5) is 4.39 Å². The zero-order chi connectivity index (χ0) is 21.8. The van der Waals surface area contributed by atoms with Crippen molar-refractivity contribution in [2.75, 3.05) is 26.3 Å². The van der Waals surface area contributed by atoms with Gasteiger partial charge in [-0.05, 0) is 36.4 Å². The van der Waals surface area contributed by atoms with E-state index in [1.54, 1.807) is 11.0 Å². The van der Waals surface area contributed by atoms with E-state index < -0.39 is 11.5 Å². The first-order valence-electron chi connectivity index (χ1n) is 9.86. The molecular weight excluding hydrogens is 405 g/mol. The summed E-state index contributed by atoms with van der Waals surface area (Å²) >= 11 is 0. The summed E-state index contributed by atoms with van der Waals surface area (Å²) in [5.41, 5.74) is 5.51. The van der Waals surface area contributed by atoms with Gasteiger partial charge in [0.2, 0.25) is 11.8 Å². The number of nitrogens with zero attached hydrogens (tertiary/aromatic N) is 2. The van der Waals surface area contributed by atoms with Crippen LogP contribution in [0.25, 0.3) is 11.0 Å². The van der Waals surface area contributed by atoms with Crippen LogP contribution in [0.3, 0.4) is 0 Å². The van der Waals surface area contributed by atoms with Gasteiger partial charge in [0.25, 0.3) is 0 Å². The minimum atomic E-state index is -1.10. The fourth-order valence-corrected chi connectivity index (χ4v) is 3.69. The number of morpholine rings is 1. The SMILES string of the molecule is NC(=O)CC1(COc2ccc(F)cc2)CN(C(=O)Cc2noc3ccccc23)CCO1. The highest BCUT2D eigenvalue weighted by Crippen LogP contribution is 2.26. The lowest BCUT2D eigenvalue weighted by atomic mass is 9.97. The average Bonchev–Trinajstić information content (AvgIpc) is 3.16. The number of carbonyl (C=O) groups excluding carboxylic acids is 2. The van der Waals surface area contributed by atoms with Gasteiger partial charge in [-0.2, -0.15) is 0 Å². The number of nitrogens with two attached hydrogens (primary N) is 1. The van der Waals surface area contributed by atoms with Gasteiger partial charge >= 0.3 is 0 Å². The third kappa shape index (κ3) is 4.83. The Bertz CT molecular complexity index is 1080. The average molecular weight is 427 g/mol. The number of aromatic nitrogens is 1. The van der Waals surface area contributed by atoms with Crippen LogP contribution in [-0.4, -0.2) is 53.8 Å². The van der Waals surface area contributed by atoms with E-state index in [1.807, 2.05) is 18.2 Å². The molecule has 0 saturated carbocycles. The molecule has 3 aromatic rings. The summed E-state index contributed by atoms with van der Waals surface area (Å²) in [7, 11) is 0. The molecule has 9 heteroatoms. The molecule has 1 aliphatic rings. The molecule has 1 atom stereocenters. The number of hydrogen-bond donors (Lipinski definition) is 1. The van der Waals surface area contributed by atoms with Gasteiger partial charge in [-0.15, -0.1) is 0 Å². The number of carbonyl (C=O) groups is 2. The van der Waals surface area contributed by atoms with Crippen molar-refractivity contribution in [3.63, 3.8) is 0 Å². The van der Waals surface area contributed by atoms with Crippen LogP contribution in [0, 0.1) is 5.82 Å². The Morgan fingerprint density at radius 1 is 1.19 bits per heavy atom. The fourth-order valence-electron chi connectivity index (χ4n) is 3.69. The summed E-state index contributed by atoms with van der Waals surface area (Å²) in [5.74, 6) is -0.700. The topological polar surface area (TPSA) is 108 Å². The van der Waals surface area contributed by atoms with E-state index in [4.69, 9.17) is 19.7 Å². The van der Waals surface area contributed by atoms with Crippen molar-refractivity contribution in [3.05, 3.63) is 60.0 Å². The second-order valence-electron chi connectivity index (χ2n) is 7.53. The first-order valence-corrected chi connectivity index (χ1v) is 9.86. The monoisotopic (exact) mass is 427 g/mol. The van der Waals surface area contributed by atoms with Crippen LogP contribution in [0.5, 0.6) is 5.75 Å². The number of primary amides is 1. The Hall–Kier alpha value is -3.46. The van der Waals surface area contributed by atoms with Gasteiger partial charge in [0, 0.05) is 11.9 Å². The first kappa shape index (κ1) is 20.8. The molecule has 0 radical (unpaired) electrons. The van der Waals surface area contributed by atoms with Crippen LogP contribution >= 0.6 is 0 Å². The molecule has 1 unspecified atom stereocenters. The maximum absolute atomic E-state index is 13.1. The van der Waals surface area contributed by atoms with Gasteiger partial charge in [0.05, 0.1) is 26.0 Å². The van der Waals surface area contributed by atoms with Gasteiger partial charge in [-0.3, -0.25) is 9.59 Å². The Kier molecular flexibility index (Phi) is 5.85. The quantitative estimate of drug-likeness (QED) is 0.618. The van der Waals surface area contributed by atoms with Gasteiger partial charge in [0.15, 0.2) is 5.58 Å². The van der Waals surface area contributed by atoms with Crippen molar-refractivity contribution in [2.45, 2.75) is 18.4 Å². The van der Waals surface area contributed by atoms with Gasteiger partial charge in [-0.1, -0.05) is 17.3 Å². The third-order valence-corrected chi connectivity index (χ3v) is 5.18. The molecule has 0 spiro atoms. The Balaban J connectivity index is 1.47. The van der Waals surface area contributed by atoms with Crippen LogP contribution in [0.2, 0.25) is 0 Å². The third-order valence-electron chi connectivity index (χ3n) is 5.18. The molecular formula is C22H22FN3O5. The van der Waals surface area contributed by atoms with E-state index in [2.05, 4.69) is 5.16 Å². The second-order valence-corrected chi connectivity index (χ2v) is 7.53. The molecule has 1 aliphatic heterocycles. The molecule has 0 aliphatic carbocycles. The van der Waals surface area contributed by atoms with Crippen LogP contribution in [0.1, 0.15) is 12.1 Å². The van der Waals surface area contributed by atoms with Crippen LogP contribution in [0.15, 0.2) is 53.1 Å². The number of ether oxygens (including phenoxy) is 2. The normalized spacial score (nSPS) is 18.8. The molecule has 1 saturated heterocycles. The number of hydrogen-bond acceptors (Lipinski definition) is 6. The van der Waals surface area contributed by atoms with Crippen molar-refractivity contribution in [1.29, 1.82) is 0 Å². The number of halogens is 1. The zero-order valence-corrected chi connectivity index (χ0v) is 16.8. The molecule has 8 nitrogen and oxygen atoms in total. The van der Waals surface area contributed by atoms with Crippen LogP contribution in [-0.2, 0) is 20.7 Å². The van der Waals surface area contributed by atoms with Crippen molar-refractivity contribution in [3.8, 4) is 5.75 Å². The molecule has 4 rings (SSSR count). The number of para-hydroxylation sites is 1. The predicted molar refractivity (Wildman–Crippen MR) is 109 cm³/mol. The van der Waals surface area contributed by atoms with Crippen molar-refractivity contribution in [2.24, 2.45) is 5.73 Å². The number of benzene rings is 2. The molecule has 2 aromatic carbocycles. The molecule has 1 fully saturated rings. The predicted octanol–water partition coefficient (Wildman–Crippen LogP) is 2.06. The van der Waals surface area contributed by atoms with Gasteiger partial charge in [-0.25, -0.2) is 4.39 Å². The minimum Gasteiger partial charge on any atom is -0.490 e. The van der Waals surface area contributed by atoms with Crippen LogP contribution < -0.4 is 10.5 Å². The van der Waals surface area contributed by atoms with Crippen molar-refractivity contribution in [1.82, 2.24) is 10.1 Å². The summed E-state index contributed by atoms with van der Waals surface area (Å²) < 4.78 is 30.0. The lowest BCUT2D eigenvalue weighted by Gasteiger charge is -2.42. The smallest absolute Gasteiger partial charge is 0.228 e. The lowest BCUT2D eigenvalue weighted by Crippen LogP contribution is -2.58. The largest absolute Gasteiger partial charge is 0.490 e. The Morgan fingerprint density at radius 3 is 2.74 bits per heavy atom. The van der Waals surface area contributed by atoms with E-state index in [0.29, 0.717) is 23.6 Å². The summed E-state index contributed by atoms with van der Waals surface area (Å²) in [5, 5.41) is 4.80. The van der Waals surface area contributed by atoms with Crippen molar-refractivity contribution < 1.29 is 28.0 Å². The lowest BCUT2D eigenvalue weighted by molar-refractivity contribution is -0.161. The molecule has 2 N–H and O–H groups in total. The zero-order valence-electron chi connectivity index (χ0n) is 16.8. The number of fused-ring (bicyclic) bond motifs is 1. The van der Waals surface area contributed by atoms with Gasteiger partial charge < -0.3 is 24.6 Å². The maximum atomic E-state index is 13.1. The highest BCUT2D eigenvalue weighted by atomic mass is 19.1. The molecule has 1 aromatic heterocycles. The standard InChI is InChI=1S/C22H22FN3O5/c23-15-5-7-16(8-6-15)29-14-22(12-20(24)27)13-26(9-10-30-22)21(28)11-18-17-3-1-2-4-19(17)31-25-18/h1-8H,9-14H2,(H2,24,27). The highest BCUT2D eigenvalue weighted by molar-refractivity contribution is 5.86. The first-order chi connectivity index (χ1) is 14.9. The van der Waals surface area contributed by atoms with E-state index in [-0.39, 0.29) is 44.3 Å². The fraction of sp³-hybridized carbons (Fsp3) is 0.318. The van der Waals surface area contributed by atoms with E-state index in [9.17, 15) is 14.0 Å². The summed E-state index contributed by atoms with van der Waals surface area (Å²) in [6.45, 7) is 0.709.